The van der Waals surface area contributed by atoms with E-state index in [0.717, 1.165) is 41.1 Å². The summed E-state index contributed by atoms with van der Waals surface area (Å²) in [7, 11) is -3.77. The molecule has 0 bridgehead atoms. The molecule has 7 nitrogen and oxygen atoms in total. The minimum Gasteiger partial charge on any atom is -0.289 e. The zero-order valence-electron chi connectivity index (χ0n) is 18.6. The van der Waals surface area contributed by atoms with Gasteiger partial charge >= 0.3 is 0 Å². The monoisotopic (exact) mass is 464 g/mol. The summed E-state index contributed by atoms with van der Waals surface area (Å²) < 4.78 is 24.2. The van der Waals surface area contributed by atoms with E-state index < -0.39 is 20.5 Å². The molecule has 2 aromatic carbocycles. The largest absolute Gasteiger partial charge is 0.289 e. The maximum Gasteiger partial charge on any atom is 0.264 e. The number of fused-ring (bicyclic) bond motifs is 1. The topological polar surface area (TPSA) is 101 Å². The number of rotatable bonds is 6. The van der Waals surface area contributed by atoms with Crippen LogP contribution in [0.1, 0.15) is 42.9 Å². The van der Waals surface area contributed by atoms with Crippen LogP contribution in [0.2, 0.25) is 0 Å². The van der Waals surface area contributed by atoms with E-state index in [1.807, 2.05) is 30.3 Å². The van der Waals surface area contributed by atoms with Gasteiger partial charge in [0.15, 0.2) is 14.6 Å². The standard InChI is InChI=1S/C25H26N3O4S/c1-24(12-13-24)21-9-6-18(7-10-21)4-5-19-8-11-22-20(16-19)17-26-28(22)15-14-25(2,23(29)27-30)33(3,31)32/h6-11,16-17,30H,1,12-15H2,2-3H3,(H,27,29)/t25-/m1/s1. The highest BCUT2D eigenvalue weighted by Crippen LogP contribution is 2.47. The number of nitrogens with zero attached hydrogens (tertiary/aromatic N) is 2. The molecule has 8 heteroatoms. The maximum absolute atomic E-state index is 12.2. The van der Waals surface area contributed by atoms with E-state index in [1.165, 1.54) is 18.0 Å². The van der Waals surface area contributed by atoms with Crippen LogP contribution < -0.4 is 5.48 Å². The molecule has 3 aromatic rings. The number of carbonyl (C=O) groups is 1. The molecular formula is C25H26N3O4S. The van der Waals surface area contributed by atoms with Crippen LogP contribution >= 0.6 is 0 Å². The van der Waals surface area contributed by atoms with Crippen molar-refractivity contribution in [3.63, 3.8) is 0 Å². The van der Waals surface area contributed by atoms with Crippen LogP contribution in [0, 0.1) is 18.8 Å². The van der Waals surface area contributed by atoms with Crippen molar-refractivity contribution < 1.29 is 18.4 Å². The number of hydrogen-bond acceptors (Lipinski definition) is 5. The summed E-state index contributed by atoms with van der Waals surface area (Å²) in [4.78, 5) is 12.0. The molecule has 0 aliphatic heterocycles. The van der Waals surface area contributed by atoms with E-state index in [1.54, 1.807) is 10.9 Å². The molecule has 1 atom stereocenters. The molecule has 1 aliphatic rings. The Bertz CT molecular complexity index is 1380. The number of nitrogens with one attached hydrogen (secondary N) is 1. The molecule has 1 radical (unpaired) electrons. The number of aromatic nitrogens is 2. The van der Waals surface area contributed by atoms with Crippen molar-refractivity contribution in [3.05, 3.63) is 72.3 Å². The van der Waals surface area contributed by atoms with Gasteiger partial charge in [0.1, 0.15) is 0 Å². The number of aryl methyl sites for hydroxylation is 1. The van der Waals surface area contributed by atoms with E-state index in [9.17, 15) is 13.2 Å². The van der Waals surface area contributed by atoms with Crippen molar-refractivity contribution in [2.75, 3.05) is 6.26 Å². The summed E-state index contributed by atoms with van der Waals surface area (Å²) in [6.45, 7) is 5.73. The molecule has 0 unspecified atom stereocenters. The minimum absolute atomic E-state index is 0.0406. The van der Waals surface area contributed by atoms with Crippen LogP contribution in [0.5, 0.6) is 0 Å². The number of sulfone groups is 1. The lowest BCUT2D eigenvalue weighted by molar-refractivity contribution is -0.131. The number of carbonyl (C=O) groups excluding carboxylic acids is 1. The highest BCUT2D eigenvalue weighted by atomic mass is 32.2. The zero-order chi connectivity index (χ0) is 23.9. The SMILES string of the molecule is [CH2]C1(c2ccc(C#Cc3ccc4c(cnn4CC[C@](C)(C(=O)NO)S(C)(=O)=O)c3)cc2)CC1. The predicted octanol–water partition coefficient (Wildman–Crippen LogP) is 3.00. The molecule has 33 heavy (non-hydrogen) atoms. The molecule has 2 N–H and O–H groups in total. The first kappa shape index (κ1) is 23.0. The Kier molecular flexibility index (Phi) is 5.81. The molecule has 1 fully saturated rings. The lowest BCUT2D eigenvalue weighted by Crippen LogP contribution is -2.49. The van der Waals surface area contributed by atoms with Crippen molar-refractivity contribution in [1.29, 1.82) is 0 Å². The van der Waals surface area contributed by atoms with Gasteiger partial charge in [0, 0.05) is 29.3 Å². The number of hydrogen-bond donors (Lipinski definition) is 2. The van der Waals surface area contributed by atoms with Crippen molar-refractivity contribution in [1.82, 2.24) is 15.3 Å². The van der Waals surface area contributed by atoms with Crippen molar-refractivity contribution in [3.8, 4) is 11.8 Å². The quantitative estimate of drug-likeness (QED) is 0.332. The second-order valence-electron chi connectivity index (χ2n) is 8.94. The summed E-state index contributed by atoms with van der Waals surface area (Å²) in [5.41, 5.74) is 5.38. The first-order valence-electron chi connectivity index (χ1n) is 10.6. The normalized spacial score (nSPS) is 16.5. The van der Waals surface area contributed by atoms with E-state index in [-0.39, 0.29) is 18.4 Å². The fourth-order valence-corrected chi connectivity index (χ4v) is 4.58. The Hall–Kier alpha value is -3.15. The van der Waals surface area contributed by atoms with Crippen molar-refractivity contribution in [2.24, 2.45) is 0 Å². The summed E-state index contributed by atoms with van der Waals surface area (Å²) >= 11 is 0. The average Bonchev–Trinajstić information content (AvgIpc) is 3.42. The number of benzene rings is 2. The van der Waals surface area contributed by atoms with Gasteiger partial charge in [-0.3, -0.25) is 14.7 Å². The summed E-state index contributed by atoms with van der Waals surface area (Å²) in [6, 6.07) is 13.9. The molecule has 1 aromatic heterocycles. The third-order valence-corrected chi connectivity index (χ3v) is 8.57. The van der Waals surface area contributed by atoms with Gasteiger partial charge in [0.2, 0.25) is 0 Å². The van der Waals surface area contributed by atoms with Gasteiger partial charge < -0.3 is 0 Å². The van der Waals surface area contributed by atoms with Crippen LogP contribution in [0.25, 0.3) is 10.9 Å². The van der Waals surface area contributed by atoms with E-state index in [2.05, 4.69) is 36.0 Å². The minimum atomic E-state index is -3.77. The highest BCUT2D eigenvalue weighted by molar-refractivity contribution is 7.92. The Balaban J connectivity index is 1.51. The van der Waals surface area contributed by atoms with E-state index in [4.69, 9.17) is 5.21 Å². The Morgan fingerprint density at radius 3 is 2.45 bits per heavy atom. The van der Waals surface area contributed by atoms with E-state index >= 15 is 0 Å². The van der Waals surface area contributed by atoms with Crippen molar-refractivity contribution in [2.45, 2.75) is 42.9 Å². The van der Waals surface area contributed by atoms with Gasteiger partial charge in [-0.1, -0.05) is 24.0 Å². The fraction of sp³-hybridized carbons (Fsp3) is 0.320. The highest BCUT2D eigenvalue weighted by Gasteiger charge is 2.43. The first-order valence-corrected chi connectivity index (χ1v) is 12.5. The molecule has 1 amide bonds. The molecule has 0 spiro atoms. The second-order valence-corrected chi connectivity index (χ2v) is 11.4. The van der Waals surface area contributed by atoms with Crippen LogP contribution in [0.15, 0.2) is 48.7 Å². The van der Waals surface area contributed by atoms with Crippen LogP contribution in [-0.4, -0.2) is 40.3 Å². The van der Waals surface area contributed by atoms with Crippen LogP contribution in [-0.2, 0) is 26.6 Å². The summed E-state index contributed by atoms with van der Waals surface area (Å²) in [6.07, 6.45) is 4.89. The molecule has 171 valence electrons. The summed E-state index contributed by atoms with van der Waals surface area (Å²) in [5, 5.41) is 14.2. The van der Waals surface area contributed by atoms with Crippen LogP contribution in [0.4, 0.5) is 0 Å². The van der Waals surface area contributed by atoms with Gasteiger partial charge in [0.25, 0.3) is 5.91 Å². The zero-order valence-corrected chi connectivity index (χ0v) is 19.4. The fourth-order valence-electron chi connectivity index (χ4n) is 3.74. The third-order valence-electron chi connectivity index (χ3n) is 6.54. The molecule has 1 aliphatic carbocycles. The van der Waals surface area contributed by atoms with E-state index in [0.29, 0.717) is 0 Å². The van der Waals surface area contributed by atoms with Gasteiger partial charge in [-0.15, -0.1) is 0 Å². The smallest absolute Gasteiger partial charge is 0.264 e. The Labute approximate surface area is 193 Å². The van der Waals surface area contributed by atoms with Crippen LogP contribution in [0.3, 0.4) is 0 Å². The number of hydroxylamine groups is 1. The molecular weight excluding hydrogens is 438 g/mol. The predicted molar refractivity (Wildman–Crippen MR) is 126 cm³/mol. The van der Waals surface area contributed by atoms with Gasteiger partial charge in [-0.25, -0.2) is 13.9 Å². The first-order chi connectivity index (χ1) is 15.6. The van der Waals surface area contributed by atoms with Gasteiger partial charge in [0.05, 0.1) is 11.7 Å². The lowest BCUT2D eigenvalue weighted by atomic mass is 9.97. The molecule has 1 heterocycles. The Morgan fingerprint density at radius 1 is 1.21 bits per heavy atom. The third kappa shape index (κ3) is 4.52. The Morgan fingerprint density at radius 2 is 1.85 bits per heavy atom. The molecule has 1 saturated carbocycles. The number of amides is 1. The van der Waals surface area contributed by atoms with Crippen molar-refractivity contribution >= 4 is 26.6 Å². The summed E-state index contributed by atoms with van der Waals surface area (Å²) in [5.74, 6) is 5.39. The lowest BCUT2D eigenvalue weighted by Gasteiger charge is -2.25. The average molecular weight is 465 g/mol. The maximum atomic E-state index is 12.2. The second kappa shape index (κ2) is 8.32. The molecule has 4 rings (SSSR count). The molecule has 0 saturated heterocycles. The van der Waals surface area contributed by atoms with Gasteiger partial charge in [-0.05, 0) is 74.4 Å². The van der Waals surface area contributed by atoms with Gasteiger partial charge in [-0.2, -0.15) is 5.10 Å².